The van der Waals surface area contributed by atoms with Crippen LogP contribution >= 0.6 is 0 Å². The molecular formula is C14H10N4. The zero-order valence-electron chi connectivity index (χ0n) is 9.54. The Morgan fingerprint density at radius 1 is 1.11 bits per heavy atom. The van der Waals surface area contributed by atoms with E-state index in [1.165, 1.54) is 0 Å². The molecule has 1 aromatic heterocycles. The first kappa shape index (κ1) is 10.4. The molecule has 4 nitrogen and oxygen atoms in total. The molecule has 3 aromatic rings. The minimum Gasteiger partial charge on any atom is -0.399 e. The molecule has 0 bridgehead atoms. The molecule has 0 aliphatic carbocycles. The topological polar surface area (TPSA) is 67.6 Å². The van der Waals surface area contributed by atoms with Gasteiger partial charge in [0.1, 0.15) is 0 Å². The molecule has 0 aliphatic heterocycles. The molecule has 0 saturated carbocycles. The Balaban J connectivity index is 2.19. The first-order chi connectivity index (χ1) is 8.78. The van der Waals surface area contributed by atoms with Crippen LogP contribution in [-0.4, -0.2) is 9.78 Å². The molecule has 18 heavy (non-hydrogen) atoms. The highest BCUT2D eigenvalue weighted by Gasteiger charge is 2.05. The van der Waals surface area contributed by atoms with Crippen molar-refractivity contribution in [3.05, 3.63) is 54.2 Å². The number of anilines is 1. The second-order valence-corrected chi connectivity index (χ2v) is 4.03. The summed E-state index contributed by atoms with van der Waals surface area (Å²) in [7, 11) is 0. The summed E-state index contributed by atoms with van der Waals surface area (Å²) in [6.45, 7) is 0. The van der Waals surface area contributed by atoms with Gasteiger partial charge in [0.15, 0.2) is 0 Å². The number of hydrogen-bond acceptors (Lipinski definition) is 3. The van der Waals surface area contributed by atoms with E-state index in [0.717, 1.165) is 16.6 Å². The van der Waals surface area contributed by atoms with Crippen LogP contribution in [0, 0.1) is 11.3 Å². The average Bonchev–Trinajstić information content (AvgIpc) is 2.82. The molecule has 0 radical (unpaired) electrons. The van der Waals surface area contributed by atoms with Crippen molar-refractivity contribution in [2.45, 2.75) is 0 Å². The Bertz CT molecular complexity index is 748. The van der Waals surface area contributed by atoms with Crippen molar-refractivity contribution in [2.24, 2.45) is 0 Å². The summed E-state index contributed by atoms with van der Waals surface area (Å²) in [6.07, 6.45) is 1.80. The number of hydrogen-bond donors (Lipinski definition) is 1. The van der Waals surface area contributed by atoms with Crippen molar-refractivity contribution in [2.75, 3.05) is 5.73 Å². The van der Waals surface area contributed by atoms with Crippen LogP contribution in [0.1, 0.15) is 5.56 Å². The Morgan fingerprint density at radius 3 is 2.61 bits per heavy atom. The Hall–Kier alpha value is -2.80. The fraction of sp³-hybridized carbons (Fsp3) is 0. The smallest absolute Gasteiger partial charge is 0.0991 e. The Kier molecular flexibility index (Phi) is 2.24. The summed E-state index contributed by atoms with van der Waals surface area (Å²) >= 11 is 0. The molecule has 4 heteroatoms. The highest BCUT2D eigenvalue weighted by atomic mass is 15.3. The fourth-order valence-corrected chi connectivity index (χ4v) is 1.92. The minimum absolute atomic E-state index is 0.634. The predicted molar refractivity (Wildman–Crippen MR) is 70.2 cm³/mol. The van der Waals surface area contributed by atoms with E-state index in [2.05, 4.69) is 11.2 Å². The molecule has 0 fully saturated rings. The van der Waals surface area contributed by atoms with Crippen molar-refractivity contribution >= 4 is 16.6 Å². The molecule has 0 amide bonds. The quantitative estimate of drug-likeness (QED) is 0.658. The summed E-state index contributed by atoms with van der Waals surface area (Å²) in [5.74, 6) is 0. The molecule has 0 atom stereocenters. The van der Waals surface area contributed by atoms with E-state index in [-0.39, 0.29) is 0 Å². The molecule has 2 N–H and O–H groups in total. The van der Waals surface area contributed by atoms with Crippen LogP contribution in [0.15, 0.2) is 48.7 Å². The lowest BCUT2D eigenvalue weighted by Gasteiger charge is -2.03. The number of nitrogen functional groups attached to an aromatic ring is 1. The van der Waals surface area contributed by atoms with Gasteiger partial charge >= 0.3 is 0 Å². The van der Waals surface area contributed by atoms with Crippen molar-refractivity contribution < 1.29 is 0 Å². The maximum absolute atomic E-state index is 8.78. The van der Waals surface area contributed by atoms with E-state index < -0.39 is 0 Å². The van der Waals surface area contributed by atoms with E-state index >= 15 is 0 Å². The predicted octanol–water partition coefficient (Wildman–Crippen LogP) is 2.48. The van der Waals surface area contributed by atoms with Gasteiger partial charge in [-0.1, -0.05) is 0 Å². The fourth-order valence-electron chi connectivity index (χ4n) is 1.92. The van der Waals surface area contributed by atoms with Gasteiger partial charge in [-0.05, 0) is 42.5 Å². The third kappa shape index (κ3) is 1.59. The number of nitrogens with two attached hydrogens (primary N) is 1. The molecule has 0 aliphatic rings. The highest BCUT2D eigenvalue weighted by molar-refractivity contribution is 5.83. The van der Waals surface area contributed by atoms with E-state index in [0.29, 0.717) is 11.3 Å². The second kappa shape index (κ2) is 3.90. The zero-order chi connectivity index (χ0) is 12.5. The average molecular weight is 234 g/mol. The van der Waals surface area contributed by atoms with Crippen LogP contribution in [0.2, 0.25) is 0 Å². The number of aromatic nitrogens is 2. The van der Waals surface area contributed by atoms with Crippen LogP contribution in [0.5, 0.6) is 0 Å². The van der Waals surface area contributed by atoms with Crippen LogP contribution in [-0.2, 0) is 0 Å². The lowest BCUT2D eigenvalue weighted by Crippen LogP contribution is -1.96. The maximum atomic E-state index is 8.78. The molecular weight excluding hydrogens is 224 g/mol. The minimum atomic E-state index is 0.634. The van der Waals surface area contributed by atoms with Gasteiger partial charge in [0.25, 0.3) is 0 Å². The lowest BCUT2D eigenvalue weighted by molar-refractivity contribution is 0.910. The number of nitriles is 1. The van der Waals surface area contributed by atoms with Gasteiger partial charge in [-0.25, -0.2) is 4.68 Å². The number of nitrogens with zero attached hydrogens (tertiary/aromatic N) is 3. The van der Waals surface area contributed by atoms with Gasteiger partial charge in [-0.15, -0.1) is 0 Å². The van der Waals surface area contributed by atoms with E-state index in [1.54, 1.807) is 18.3 Å². The van der Waals surface area contributed by atoms with E-state index in [1.807, 2.05) is 35.0 Å². The molecule has 2 aromatic carbocycles. The van der Waals surface area contributed by atoms with Crippen molar-refractivity contribution in [1.82, 2.24) is 9.78 Å². The molecule has 0 unspecified atom stereocenters. The summed E-state index contributed by atoms with van der Waals surface area (Å²) in [5, 5.41) is 14.2. The van der Waals surface area contributed by atoms with Gasteiger partial charge in [0.2, 0.25) is 0 Å². The Labute approximate surface area is 104 Å². The number of fused-ring (bicyclic) bond motifs is 1. The van der Waals surface area contributed by atoms with Gasteiger partial charge in [-0.2, -0.15) is 10.4 Å². The van der Waals surface area contributed by atoms with Gasteiger partial charge in [0.05, 0.1) is 29.0 Å². The van der Waals surface area contributed by atoms with Gasteiger partial charge in [-0.3, -0.25) is 0 Å². The van der Waals surface area contributed by atoms with Crippen LogP contribution in [0.25, 0.3) is 16.6 Å². The first-order valence-corrected chi connectivity index (χ1v) is 5.52. The maximum Gasteiger partial charge on any atom is 0.0991 e. The third-order valence-corrected chi connectivity index (χ3v) is 2.84. The van der Waals surface area contributed by atoms with Crippen molar-refractivity contribution in [3.63, 3.8) is 0 Å². The Morgan fingerprint density at radius 2 is 1.89 bits per heavy atom. The van der Waals surface area contributed by atoms with Gasteiger partial charge in [0, 0.05) is 11.1 Å². The highest BCUT2D eigenvalue weighted by Crippen LogP contribution is 2.20. The standard InChI is InChI=1S/C14H10N4/c15-8-10-1-5-13(6-2-10)18-14-7-12(16)4-3-11(14)9-17-18/h1-7,9H,16H2. The van der Waals surface area contributed by atoms with Crippen LogP contribution < -0.4 is 5.73 Å². The van der Waals surface area contributed by atoms with Crippen LogP contribution in [0.3, 0.4) is 0 Å². The molecule has 0 saturated heterocycles. The zero-order valence-corrected chi connectivity index (χ0v) is 9.54. The summed E-state index contributed by atoms with van der Waals surface area (Å²) in [5.41, 5.74) is 9.00. The van der Waals surface area contributed by atoms with Crippen molar-refractivity contribution in [3.8, 4) is 11.8 Å². The largest absolute Gasteiger partial charge is 0.399 e. The summed E-state index contributed by atoms with van der Waals surface area (Å²) < 4.78 is 1.81. The van der Waals surface area contributed by atoms with Crippen LogP contribution in [0.4, 0.5) is 5.69 Å². The molecule has 0 spiro atoms. The second-order valence-electron chi connectivity index (χ2n) is 4.03. The van der Waals surface area contributed by atoms with Gasteiger partial charge < -0.3 is 5.73 Å². The third-order valence-electron chi connectivity index (χ3n) is 2.84. The normalized spacial score (nSPS) is 10.4. The molecule has 1 heterocycles. The SMILES string of the molecule is N#Cc1ccc(-n2ncc3ccc(N)cc32)cc1. The van der Waals surface area contributed by atoms with E-state index in [9.17, 15) is 0 Å². The van der Waals surface area contributed by atoms with E-state index in [4.69, 9.17) is 11.0 Å². The lowest BCUT2D eigenvalue weighted by atomic mass is 10.2. The number of rotatable bonds is 1. The number of benzene rings is 2. The molecule has 3 rings (SSSR count). The summed E-state index contributed by atoms with van der Waals surface area (Å²) in [4.78, 5) is 0. The molecule has 86 valence electrons. The van der Waals surface area contributed by atoms with Crippen molar-refractivity contribution in [1.29, 1.82) is 5.26 Å². The summed E-state index contributed by atoms with van der Waals surface area (Å²) in [6, 6.07) is 15.1. The monoisotopic (exact) mass is 234 g/mol. The first-order valence-electron chi connectivity index (χ1n) is 5.52.